The summed E-state index contributed by atoms with van der Waals surface area (Å²) in [5.74, 6) is 2.24. The minimum Gasteiger partial charge on any atom is -0.496 e. The van der Waals surface area contributed by atoms with E-state index in [1.165, 1.54) is 0 Å². The first-order valence-electron chi connectivity index (χ1n) is 12.6. The number of fused-ring (bicyclic) bond motifs is 2. The van der Waals surface area contributed by atoms with Crippen LogP contribution in [-0.4, -0.2) is 48.5 Å². The maximum absolute atomic E-state index is 13.5. The van der Waals surface area contributed by atoms with E-state index in [4.69, 9.17) is 14.5 Å². The van der Waals surface area contributed by atoms with Gasteiger partial charge in [-0.15, -0.1) is 0 Å². The third-order valence-electron chi connectivity index (χ3n) is 7.16. The van der Waals surface area contributed by atoms with Crippen molar-refractivity contribution < 1.29 is 14.3 Å². The lowest BCUT2D eigenvalue weighted by molar-refractivity contribution is 0.0984. The van der Waals surface area contributed by atoms with Crippen molar-refractivity contribution in [3.63, 3.8) is 0 Å². The monoisotopic (exact) mass is 520 g/mol. The second-order valence-corrected chi connectivity index (χ2v) is 9.45. The fraction of sp³-hybridized carbons (Fsp3) is 0.200. The summed E-state index contributed by atoms with van der Waals surface area (Å²) in [5, 5.41) is 0.912. The Bertz CT molecular complexity index is 1830. The highest BCUT2D eigenvalue weighted by Gasteiger charge is 2.20. The van der Waals surface area contributed by atoms with Gasteiger partial charge in [-0.2, -0.15) is 0 Å². The van der Waals surface area contributed by atoms with Crippen LogP contribution in [0.15, 0.2) is 73.6 Å². The maximum atomic E-state index is 13.5. The van der Waals surface area contributed by atoms with E-state index >= 15 is 0 Å². The number of aryl methyl sites for hydroxylation is 2. The average Bonchev–Trinajstić information content (AvgIpc) is 3.68. The van der Waals surface area contributed by atoms with Crippen molar-refractivity contribution in [2.24, 2.45) is 7.05 Å². The number of hydrogen-bond donors (Lipinski definition) is 0. The van der Waals surface area contributed by atoms with E-state index in [1.54, 1.807) is 32.9 Å². The summed E-state index contributed by atoms with van der Waals surface area (Å²) in [6, 6.07) is 13.6. The first kappa shape index (κ1) is 24.4. The Kier molecular flexibility index (Phi) is 6.11. The van der Waals surface area contributed by atoms with Gasteiger partial charge >= 0.3 is 0 Å². The first-order valence-corrected chi connectivity index (χ1v) is 12.6. The van der Waals surface area contributed by atoms with E-state index in [0.717, 1.165) is 50.5 Å². The maximum Gasteiger partial charge on any atom is 0.183 e. The lowest BCUT2D eigenvalue weighted by atomic mass is 10.0. The first-order chi connectivity index (χ1) is 19.0. The van der Waals surface area contributed by atoms with Gasteiger partial charge < -0.3 is 18.6 Å². The summed E-state index contributed by atoms with van der Waals surface area (Å²) in [6.07, 6.45) is 9.34. The van der Waals surface area contributed by atoms with Crippen molar-refractivity contribution in [2.75, 3.05) is 14.2 Å². The van der Waals surface area contributed by atoms with Crippen molar-refractivity contribution in [3.05, 3.63) is 96.4 Å². The van der Waals surface area contributed by atoms with Crippen LogP contribution in [0.4, 0.5) is 0 Å². The zero-order valence-corrected chi connectivity index (χ0v) is 22.3. The van der Waals surface area contributed by atoms with E-state index in [1.807, 2.05) is 78.0 Å². The fourth-order valence-electron chi connectivity index (χ4n) is 5.19. The molecule has 0 aliphatic heterocycles. The fourth-order valence-corrected chi connectivity index (χ4v) is 5.19. The van der Waals surface area contributed by atoms with Crippen molar-refractivity contribution >= 4 is 22.2 Å². The van der Waals surface area contributed by atoms with Gasteiger partial charge in [-0.25, -0.2) is 9.97 Å². The second-order valence-electron chi connectivity index (χ2n) is 9.45. The van der Waals surface area contributed by atoms with Gasteiger partial charge in [-0.05, 0) is 31.2 Å². The van der Waals surface area contributed by atoms with Crippen LogP contribution in [0.3, 0.4) is 0 Å². The number of hydrogen-bond acceptors (Lipinski definition) is 6. The molecule has 0 radical (unpaired) electrons. The number of benzene rings is 2. The van der Waals surface area contributed by atoms with Gasteiger partial charge in [0.15, 0.2) is 5.78 Å². The Morgan fingerprint density at radius 3 is 2.62 bits per heavy atom. The second kappa shape index (κ2) is 9.75. The van der Waals surface area contributed by atoms with E-state index in [2.05, 4.69) is 14.4 Å². The molecule has 0 aliphatic carbocycles. The van der Waals surface area contributed by atoms with Crippen molar-refractivity contribution in [1.29, 1.82) is 0 Å². The molecule has 4 aromatic heterocycles. The van der Waals surface area contributed by atoms with Crippen molar-refractivity contribution in [1.82, 2.24) is 28.5 Å². The molecular formula is C30H28N6O3. The summed E-state index contributed by atoms with van der Waals surface area (Å²) in [4.78, 5) is 27.1. The molecule has 9 nitrogen and oxygen atoms in total. The minimum atomic E-state index is -0.00286. The lowest BCUT2D eigenvalue weighted by Crippen LogP contribution is -2.09. The Balaban J connectivity index is 1.36. The number of carbonyl (C=O) groups excluding carboxylic acids is 1. The molecule has 0 saturated carbocycles. The van der Waals surface area contributed by atoms with Gasteiger partial charge in [-0.3, -0.25) is 14.2 Å². The minimum absolute atomic E-state index is 0.00286. The predicted molar refractivity (Wildman–Crippen MR) is 149 cm³/mol. The molecule has 0 amide bonds. The highest BCUT2D eigenvalue weighted by Crippen LogP contribution is 2.33. The van der Waals surface area contributed by atoms with Crippen LogP contribution in [0.1, 0.15) is 27.6 Å². The van der Waals surface area contributed by atoms with Crippen LogP contribution >= 0.6 is 0 Å². The number of ether oxygens (including phenoxy) is 2. The van der Waals surface area contributed by atoms with Gasteiger partial charge in [0.05, 0.1) is 55.2 Å². The zero-order valence-electron chi connectivity index (χ0n) is 22.3. The van der Waals surface area contributed by atoms with Crippen LogP contribution in [0, 0.1) is 6.92 Å². The molecule has 0 unspecified atom stereocenters. The number of carbonyl (C=O) groups is 1. The normalized spacial score (nSPS) is 11.4. The largest absolute Gasteiger partial charge is 0.496 e. The van der Waals surface area contributed by atoms with E-state index < -0.39 is 0 Å². The molecule has 6 aromatic rings. The van der Waals surface area contributed by atoms with Crippen molar-refractivity contribution in [3.8, 4) is 22.8 Å². The summed E-state index contributed by atoms with van der Waals surface area (Å²) < 4.78 is 17.2. The molecule has 4 heterocycles. The zero-order chi connectivity index (χ0) is 27.1. The topological polar surface area (TPSA) is 88.5 Å². The molecule has 9 heteroatoms. The van der Waals surface area contributed by atoms with Crippen LogP contribution in [-0.2, 0) is 20.0 Å². The quantitative estimate of drug-likeness (QED) is 0.266. The van der Waals surface area contributed by atoms with E-state index in [9.17, 15) is 4.79 Å². The lowest BCUT2D eigenvalue weighted by Gasteiger charge is -2.11. The van der Waals surface area contributed by atoms with Crippen LogP contribution in [0.5, 0.6) is 11.5 Å². The number of imidazole rings is 2. The summed E-state index contributed by atoms with van der Waals surface area (Å²) in [6.45, 7) is 2.55. The molecule has 0 aliphatic rings. The number of aromatic nitrogens is 6. The number of rotatable bonds is 8. The Morgan fingerprint density at radius 2 is 1.85 bits per heavy atom. The molecule has 0 spiro atoms. The predicted octanol–water partition coefficient (Wildman–Crippen LogP) is 4.88. The Labute approximate surface area is 225 Å². The molecule has 6 rings (SSSR count). The summed E-state index contributed by atoms with van der Waals surface area (Å²) in [7, 11) is 5.16. The smallest absolute Gasteiger partial charge is 0.183 e. The van der Waals surface area contributed by atoms with E-state index in [0.29, 0.717) is 18.0 Å². The highest BCUT2D eigenvalue weighted by molar-refractivity contribution is 6.02. The SMILES string of the molecule is COc1cc(-c2nc(Cn3ccnc3)n3ccnc(C)c23)ccc1CC(=O)c1cc2c(OC)cccc2n1C. The molecule has 39 heavy (non-hydrogen) atoms. The number of nitrogens with zero attached hydrogens (tertiary/aromatic N) is 6. The molecule has 196 valence electrons. The number of Topliss-reactive ketones (excluding diaryl/α,β-unsaturated/α-hetero) is 1. The van der Waals surface area contributed by atoms with Crippen LogP contribution in [0.25, 0.3) is 27.7 Å². The van der Waals surface area contributed by atoms with Gasteiger partial charge in [0.25, 0.3) is 0 Å². The number of methoxy groups -OCH3 is 2. The van der Waals surface area contributed by atoms with Gasteiger partial charge in [0.1, 0.15) is 17.3 Å². The molecule has 2 aromatic carbocycles. The van der Waals surface area contributed by atoms with Gasteiger partial charge in [0, 0.05) is 54.8 Å². The van der Waals surface area contributed by atoms with E-state index in [-0.39, 0.29) is 12.2 Å². The molecular weight excluding hydrogens is 492 g/mol. The molecule has 0 N–H and O–H groups in total. The molecule has 0 bridgehead atoms. The standard InChI is InChI=1S/C30H28N6O3/c1-19-30-29(33-28(36(30)13-11-32-19)17-35-12-10-31-18-35)21-9-8-20(27(15-21)39-4)14-25(37)24-16-22-23(34(24)2)6-5-7-26(22)38-3/h5-13,15-16,18H,14,17H2,1-4H3. The third kappa shape index (κ3) is 4.21. The van der Waals surface area contributed by atoms with Crippen LogP contribution in [0.2, 0.25) is 0 Å². The van der Waals surface area contributed by atoms with Gasteiger partial charge in [0.2, 0.25) is 0 Å². The van der Waals surface area contributed by atoms with Crippen molar-refractivity contribution in [2.45, 2.75) is 19.9 Å². The third-order valence-corrected chi connectivity index (χ3v) is 7.16. The van der Waals surface area contributed by atoms with Crippen LogP contribution < -0.4 is 9.47 Å². The highest BCUT2D eigenvalue weighted by atomic mass is 16.5. The Morgan fingerprint density at radius 1 is 1.00 bits per heavy atom. The number of ketones is 1. The molecule has 0 saturated heterocycles. The summed E-state index contributed by atoms with van der Waals surface area (Å²) >= 11 is 0. The molecule has 0 fully saturated rings. The Hall–Kier alpha value is -4.92. The van der Waals surface area contributed by atoms with Gasteiger partial charge in [-0.1, -0.05) is 18.2 Å². The summed E-state index contributed by atoms with van der Waals surface area (Å²) in [5.41, 5.74) is 5.88. The average molecular weight is 521 g/mol. The molecule has 0 atom stereocenters.